The van der Waals surface area contributed by atoms with Crippen molar-refractivity contribution >= 4 is 26.6 Å². The SMILES string of the molecule is N#Cc1ccc2c(ccn2S(=O)(=O)c2ccc([N+](=O)[O-])cc2)c1. The molecule has 3 rings (SSSR count). The summed E-state index contributed by atoms with van der Waals surface area (Å²) >= 11 is 0. The van der Waals surface area contributed by atoms with E-state index in [1.54, 1.807) is 18.2 Å². The van der Waals surface area contributed by atoms with Crippen molar-refractivity contribution in [2.75, 3.05) is 0 Å². The van der Waals surface area contributed by atoms with Crippen molar-refractivity contribution in [2.45, 2.75) is 4.90 Å². The minimum absolute atomic E-state index is 0.0510. The van der Waals surface area contributed by atoms with E-state index >= 15 is 0 Å². The Hall–Kier alpha value is -3.18. The fourth-order valence-electron chi connectivity index (χ4n) is 2.25. The number of non-ortho nitro benzene ring substituents is 1. The lowest BCUT2D eigenvalue weighted by Gasteiger charge is -2.07. The molecule has 0 atom stereocenters. The molecule has 2 aromatic carbocycles. The number of nitro benzene ring substituents is 1. The predicted octanol–water partition coefficient (Wildman–Crippen LogP) is 2.66. The van der Waals surface area contributed by atoms with Crippen LogP contribution in [0.1, 0.15) is 5.56 Å². The number of fused-ring (bicyclic) bond motifs is 1. The van der Waals surface area contributed by atoms with Crippen molar-refractivity contribution < 1.29 is 13.3 Å². The zero-order chi connectivity index (χ0) is 16.6. The van der Waals surface area contributed by atoms with Crippen molar-refractivity contribution in [1.82, 2.24) is 3.97 Å². The van der Waals surface area contributed by atoms with E-state index in [0.29, 0.717) is 16.5 Å². The summed E-state index contributed by atoms with van der Waals surface area (Å²) < 4.78 is 26.4. The molecule has 0 radical (unpaired) electrons. The summed E-state index contributed by atoms with van der Waals surface area (Å²) in [7, 11) is -3.87. The van der Waals surface area contributed by atoms with Gasteiger partial charge in [-0.2, -0.15) is 5.26 Å². The van der Waals surface area contributed by atoms with Crippen LogP contribution in [0.3, 0.4) is 0 Å². The third kappa shape index (κ3) is 2.43. The van der Waals surface area contributed by atoms with Gasteiger partial charge in [0.25, 0.3) is 15.7 Å². The van der Waals surface area contributed by atoms with Gasteiger partial charge in [0, 0.05) is 23.7 Å². The highest BCUT2D eigenvalue weighted by Crippen LogP contribution is 2.24. The van der Waals surface area contributed by atoms with Gasteiger partial charge in [-0.3, -0.25) is 10.1 Å². The lowest BCUT2D eigenvalue weighted by Crippen LogP contribution is -2.11. The van der Waals surface area contributed by atoms with Gasteiger partial charge in [0.1, 0.15) is 0 Å². The molecule has 23 heavy (non-hydrogen) atoms. The number of benzene rings is 2. The highest BCUT2D eigenvalue weighted by molar-refractivity contribution is 7.90. The Morgan fingerprint density at radius 3 is 2.39 bits per heavy atom. The molecule has 1 aromatic heterocycles. The number of hydrogen-bond donors (Lipinski definition) is 0. The van der Waals surface area contributed by atoms with Crippen molar-refractivity contribution in [3.05, 3.63) is 70.4 Å². The van der Waals surface area contributed by atoms with Gasteiger partial charge in [-0.15, -0.1) is 0 Å². The lowest BCUT2D eigenvalue weighted by molar-refractivity contribution is -0.384. The summed E-state index contributed by atoms with van der Waals surface area (Å²) in [6.45, 7) is 0. The van der Waals surface area contributed by atoms with Crippen molar-refractivity contribution in [3.8, 4) is 6.07 Å². The summed E-state index contributed by atoms with van der Waals surface area (Å²) in [4.78, 5) is 10.0. The van der Waals surface area contributed by atoms with Gasteiger partial charge < -0.3 is 0 Å². The van der Waals surface area contributed by atoms with Crippen molar-refractivity contribution in [1.29, 1.82) is 5.26 Å². The molecule has 0 N–H and O–H groups in total. The number of nitro groups is 1. The smallest absolute Gasteiger partial charge is 0.258 e. The topological polar surface area (TPSA) is 106 Å². The Morgan fingerprint density at radius 2 is 1.78 bits per heavy atom. The van der Waals surface area contributed by atoms with Crippen molar-refractivity contribution in [2.24, 2.45) is 0 Å². The molecule has 0 saturated heterocycles. The molecule has 0 aliphatic carbocycles. The van der Waals surface area contributed by atoms with Crippen LogP contribution in [-0.2, 0) is 10.0 Å². The van der Waals surface area contributed by atoms with Gasteiger partial charge in [-0.1, -0.05) is 0 Å². The first kappa shape index (κ1) is 14.7. The molecule has 0 fully saturated rings. The highest BCUT2D eigenvalue weighted by Gasteiger charge is 2.20. The quantitative estimate of drug-likeness (QED) is 0.543. The first-order valence-electron chi connectivity index (χ1n) is 6.45. The van der Waals surface area contributed by atoms with Gasteiger partial charge >= 0.3 is 0 Å². The zero-order valence-electron chi connectivity index (χ0n) is 11.6. The summed E-state index contributed by atoms with van der Waals surface area (Å²) in [5, 5.41) is 20.2. The van der Waals surface area contributed by atoms with Crippen LogP contribution in [0.25, 0.3) is 10.9 Å². The maximum atomic E-state index is 12.7. The summed E-state index contributed by atoms with van der Waals surface area (Å²) in [6, 6.07) is 13.0. The molecule has 3 aromatic rings. The molecule has 8 heteroatoms. The van der Waals surface area contributed by atoms with Gasteiger partial charge in [0.05, 0.1) is 27.0 Å². The molecule has 0 spiro atoms. The summed E-state index contributed by atoms with van der Waals surface area (Å²) in [5.41, 5.74) is 0.685. The molecule has 0 bridgehead atoms. The average Bonchev–Trinajstić information content (AvgIpc) is 2.98. The van der Waals surface area contributed by atoms with Crippen LogP contribution in [0.2, 0.25) is 0 Å². The molecule has 0 unspecified atom stereocenters. The van der Waals surface area contributed by atoms with E-state index in [2.05, 4.69) is 0 Å². The summed E-state index contributed by atoms with van der Waals surface area (Å²) in [6.07, 6.45) is 1.39. The minimum atomic E-state index is -3.87. The second kappa shape index (κ2) is 5.23. The van der Waals surface area contributed by atoms with Gasteiger partial charge in [-0.05, 0) is 36.4 Å². The maximum absolute atomic E-state index is 12.7. The molecular weight excluding hydrogens is 318 g/mol. The van der Waals surface area contributed by atoms with Crippen LogP contribution >= 0.6 is 0 Å². The monoisotopic (exact) mass is 327 g/mol. The van der Waals surface area contributed by atoms with Crippen LogP contribution in [0.5, 0.6) is 0 Å². The number of hydrogen-bond acceptors (Lipinski definition) is 5. The standard InChI is InChI=1S/C15H9N3O4S/c16-10-11-1-6-15-12(9-11)7-8-17(15)23(21,22)14-4-2-13(3-5-14)18(19)20/h1-9H. The van der Waals surface area contributed by atoms with Gasteiger partial charge in [0.2, 0.25) is 0 Å². The van der Waals surface area contributed by atoms with E-state index in [0.717, 1.165) is 16.1 Å². The van der Waals surface area contributed by atoms with Crippen LogP contribution < -0.4 is 0 Å². The van der Waals surface area contributed by atoms with Crippen LogP contribution in [0.4, 0.5) is 5.69 Å². The lowest BCUT2D eigenvalue weighted by atomic mass is 10.2. The number of nitriles is 1. The molecule has 0 saturated carbocycles. The third-order valence-corrected chi connectivity index (χ3v) is 5.09. The fourth-order valence-corrected chi connectivity index (χ4v) is 3.60. The van der Waals surface area contributed by atoms with Gasteiger partial charge in [-0.25, -0.2) is 12.4 Å². The Labute approximate surface area is 131 Å². The number of aromatic nitrogens is 1. The largest absolute Gasteiger partial charge is 0.269 e. The number of rotatable bonds is 3. The molecule has 0 aliphatic heterocycles. The molecule has 0 amide bonds. The van der Waals surface area contributed by atoms with E-state index in [4.69, 9.17) is 5.26 Å². The Balaban J connectivity index is 2.13. The first-order valence-corrected chi connectivity index (χ1v) is 7.89. The Morgan fingerprint density at radius 1 is 1.09 bits per heavy atom. The maximum Gasteiger partial charge on any atom is 0.269 e. The third-order valence-electron chi connectivity index (χ3n) is 3.39. The van der Waals surface area contributed by atoms with E-state index in [1.807, 2.05) is 6.07 Å². The summed E-state index contributed by atoms with van der Waals surface area (Å²) in [5.74, 6) is 0. The molecular formula is C15H9N3O4S. The average molecular weight is 327 g/mol. The Kier molecular flexibility index (Phi) is 3.35. The van der Waals surface area contributed by atoms with Crippen molar-refractivity contribution in [3.63, 3.8) is 0 Å². The van der Waals surface area contributed by atoms with E-state index < -0.39 is 14.9 Å². The first-order chi connectivity index (χ1) is 10.9. The minimum Gasteiger partial charge on any atom is -0.258 e. The number of nitrogens with zero attached hydrogens (tertiary/aromatic N) is 3. The van der Waals surface area contributed by atoms with Gasteiger partial charge in [0.15, 0.2) is 0 Å². The molecule has 114 valence electrons. The van der Waals surface area contributed by atoms with E-state index in [-0.39, 0.29) is 10.6 Å². The van der Waals surface area contributed by atoms with E-state index in [9.17, 15) is 18.5 Å². The van der Waals surface area contributed by atoms with Crippen LogP contribution in [0.15, 0.2) is 59.6 Å². The second-order valence-corrected chi connectivity index (χ2v) is 6.57. The molecule has 1 heterocycles. The zero-order valence-corrected chi connectivity index (χ0v) is 12.4. The Bertz CT molecular complexity index is 1060. The second-order valence-electron chi connectivity index (χ2n) is 4.75. The van der Waals surface area contributed by atoms with E-state index in [1.165, 1.54) is 24.4 Å². The van der Waals surface area contributed by atoms with Crippen LogP contribution in [-0.4, -0.2) is 17.3 Å². The van der Waals surface area contributed by atoms with Crippen LogP contribution in [0, 0.1) is 21.4 Å². The fraction of sp³-hybridized carbons (Fsp3) is 0. The highest BCUT2D eigenvalue weighted by atomic mass is 32.2. The molecule has 0 aliphatic rings. The molecule has 7 nitrogen and oxygen atoms in total. The predicted molar refractivity (Wildman–Crippen MR) is 82.3 cm³/mol. The normalized spacial score (nSPS) is 11.3.